The molecule has 0 bridgehead atoms. The molecule has 96 valence electrons. The van der Waals surface area contributed by atoms with Gasteiger partial charge in [0.1, 0.15) is 0 Å². The van der Waals surface area contributed by atoms with Crippen LogP contribution in [0.2, 0.25) is 0 Å². The zero-order valence-electron chi connectivity index (χ0n) is 10.2. The number of quaternary nitrogens is 1. The highest BCUT2D eigenvalue weighted by atomic mass is 16.2. The molecule has 2 amide bonds. The molecule has 4 N–H and O–H groups in total. The number of carbonyl (C=O) groups excluding carboxylic acids is 2. The van der Waals surface area contributed by atoms with Crippen molar-refractivity contribution in [3.8, 4) is 0 Å². The van der Waals surface area contributed by atoms with Gasteiger partial charge < -0.3 is 16.0 Å². The quantitative estimate of drug-likeness (QED) is 0.628. The average molecular weight is 240 g/mol. The molecule has 0 aromatic heterocycles. The van der Waals surface area contributed by atoms with Crippen molar-refractivity contribution in [3.05, 3.63) is 0 Å². The largest absolute Gasteiger partial charge is 0.369 e. The number of rotatable bonds is 2. The van der Waals surface area contributed by atoms with E-state index >= 15 is 0 Å². The summed E-state index contributed by atoms with van der Waals surface area (Å²) < 4.78 is 0. The lowest BCUT2D eigenvalue weighted by Crippen LogP contribution is -2.87. The summed E-state index contributed by atoms with van der Waals surface area (Å²) in [6.07, 6.45) is 3.62. The van der Waals surface area contributed by atoms with E-state index < -0.39 is 0 Å². The van der Waals surface area contributed by atoms with E-state index in [4.69, 9.17) is 5.73 Å². The fraction of sp³-hybridized carbons (Fsp3) is 0.833. The van der Waals surface area contributed by atoms with Crippen LogP contribution in [0.15, 0.2) is 0 Å². The second-order valence-corrected chi connectivity index (χ2v) is 5.15. The second kappa shape index (κ2) is 5.49. The number of piperidine rings is 2. The molecule has 2 aliphatic heterocycles. The minimum atomic E-state index is -0.219. The number of hydrogen-bond donors (Lipinski definition) is 2. The van der Waals surface area contributed by atoms with Gasteiger partial charge in [0.25, 0.3) is 0 Å². The highest BCUT2D eigenvalue weighted by molar-refractivity contribution is 5.80. The number of carbonyl (C=O) groups is 2. The highest BCUT2D eigenvalue weighted by Gasteiger charge is 2.31. The van der Waals surface area contributed by atoms with Crippen LogP contribution >= 0.6 is 0 Å². The molecule has 0 unspecified atom stereocenters. The Morgan fingerprint density at radius 1 is 1.12 bits per heavy atom. The summed E-state index contributed by atoms with van der Waals surface area (Å²) in [4.78, 5) is 25.2. The third kappa shape index (κ3) is 2.97. The monoisotopic (exact) mass is 240 g/mol. The lowest BCUT2D eigenvalue weighted by Gasteiger charge is -2.33. The maximum absolute atomic E-state index is 12.2. The molecule has 17 heavy (non-hydrogen) atoms. The van der Waals surface area contributed by atoms with Gasteiger partial charge in [0.15, 0.2) is 0 Å². The predicted octanol–water partition coefficient (Wildman–Crippen LogP) is -1.32. The molecule has 0 aromatic rings. The van der Waals surface area contributed by atoms with Crippen molar-refractivity contribution < 1.29 is 14.9 Å². The Morgan fingerprint density at radius 3 is 2.35 bits per heavy atom. The molecule has 0 aromatic carbocycles. The van der Waals surface area contributed by atoms with Crippen molar-refractivity contribution in [2.24, 2.45) is 17.6 Å². The first-order chi connectivity index (χ1) is 8.18. The fourth-order valence-electron chi connectivity index (χ4n) is 2.81. The minimum absolute atomic E-state index is 0.0306. The van der Waals surface area contributed by atoms with Crippen LogP contribution in [0.5, 0.6) is 0 Å². The Hall–Kier alpha value is -1.10. The van der Waals surface area contributed by atoms with Gasteiger partial charge in [-0.1, -0.05) is 0 Å². The first kappa shape index (κ1) is 12.4. The first-order valence-corrected chi connectivity index (χ1v) is 6.58. The fourth-order valence-corrected chi connectivity index (χ4v) is 2.81. The Bertz CT molecular complexity index is 292. The minimum Gasteiger partial charge on any atom is -0.369 e. The number of amides is 2. The zero-order valence-corrected chi connectivity index (χ0v) is 10.2. The van der Waals surface area contributed by atoms with Gasteiger partial charge in [-0.15, -0.1) is 0 Å². The Labute approximate surface area is 102 Å². The van der Waals surface area contributed by atoms with Crippen LogP contribution in [-0.2, 0) is 9.59 Å². The first-order valence-electron chi connectivity index (χ1n) is 6.58. The molecule has 0 saturated carbocycles. The van der Waals surface area contributed by atoms with Crippen molar-refractivity contribution >= 4 is 11.8 Å². The van der Waals surface area contributed by atoms with E-state index in [1.54, 1.807) is 0 Å². The van der Waals surface area contributed by atoms with E-state index in [1.807, 2.05) is 4.90 Å². The van der Waals surface area contributed by atoms with Crippen molar-refractivity contribution in [2.45, 2.75) is 25.7 Å². The number of nitrogens with two attached hydrogens (primary N) is 2. The van der Waals surface area contributed by atoms with Crippen LogP contribution in [-0.4, -0.2) is 42.9 Å². The predicted molar refractivity (Wildman–Crippen MR) is 62.9 cm³/mol. The number of primary amides is 1. The Kier molecular flexibility index (Phi) is 3.99. The van der Waals surface area contributed by atoms with Crippen molar-refractivity contribution in [3.63, 3.8) is 0 Å². The summed E-state index contributed by atoms with van der Waals surface area (Å²) in [5.41, 5.74) is 5.28. The van der Waals surface area contributed by atoms with E-state index in [9.17, 15) is 9.59 Å². The number of likely N-dealkylation sites (tertiary alicyclic amines) is 1. The summed E-state index contributed by atoms with van der Waals surface area (Å²) >= 11 is 0. The Balaban J connectivity index is 1.83. The van der Waals surface area contributed by atoms with Crippen LogP contribution in [0.3, 0.4) is 0 Å². The van der Waals surface area contributed by atoms with Gasteiger partial charge in [-0.2, -0.15) is 0 Å². The second-order valence-electron chi connectivity index (χ2n) is 5.15. The van der Waals surface area contributed by atoms with Crippen molar-refractivity contribution in [1.29, 1.82) is 0 Å². The lowest BCUT2D eigenvalue weighted by atomic mass is 9.93. The molecule has 0 spiro atoms. The van der Waals surface area contributed by atoms with Gasteiger partial charge in [-0.05, 0) is 25.7 Å². The summed E-state index contributed by atoms with van der Waals surface area (Å²) in [7, 11) is 0. The van der Waals surface area contributed by atoms with Crippen LogP contribution in [0.4, 0.5) is 0 Å². The van der Waals surface area contributed by atoms with Gasteiger partial charge >= 0.3 is 0 Å². The summed E-state index contributed by atoms with van der Waals surface area (Å²) in [6, 6.07) is 0. The molecule has 5 heteroatoms. The van der Waals surface area contributed by atoms with Crippen LogP contribution in [0, 0.1) is 11.8 Å². The molecule has 2 rings (SSSR count). The smallest absolute Gasteiger partial charge is 0.231 e. The topological polar surface area (TPSA) is 80.0 Å². The van der Waals surface area contributed by atoms with Crippen LogP contribution in [0.1, 0.15) is 25.7 Å². The highest BCUT2D eigenvalue weighted by Crippen LogP contribution is 2.19. The average Bonchev–Trinajstić information content (AvgIpc) is 2.39. The van der Waals surface area contributed by atoms with Crippen LogP contribution < -0.4 is 11.1 Å². The number of nitrogens with zero attached hydrogens (tertiary/aromatic N) is 1. The molecule has 2 saturated heterocycles. The molecule has 0 aliphatic carbocycles. The van der Waals surface area contributed by atoms with Crippen molar-refractivity contribution in [2.75, 3.05) is 26.2 Å². The van der Waals surface area contributed by atoms with Crippen molar-refractivity contribution in [1.82, 2.24) is 4.90 Å². The Morgan fingerprint density at radius 2 is 1.82 bits per heavy atom. The molecule has 5 nitrogen and oxygen atoms in total. The maximum atomic E-state index is 12.2. The van der Waals surface area contributed by atoms with Gasteiger partial charge in [-0.3, -0.25) is 9.59 Å². The third-order valence-electron chi connectivity index (χ3n) is 3.97. The molecule has 2 aliphatic rings. The maximum Gasteiger partial charge on any atom is 0.231 e. The molecule has 0 radical (unpaired) electrons. The van der Waals surface area contributed by atoms with Gasteiger partial charge in [0.05, 0.1) is 19.0 Å². The SMILES string of the molecule is NC(=O)C1CCN(C(=O)[C@@H]2CCC[NH2+]C2)CC1. The van der Waals surface area contributed by atoms with E-state index in [2.05, 4.69) is 5.32 Å². The molecular formula is C12H22N3O2+. The van der Waals surface area contributed by atoms with E-state index in [0.29, 0.717) is 13.1 Å². The zero-order chi connectivity index (χ0) is 12.3. The van der Waals surface area contributed by atoms with Gasteiger partial charge in [0, 0.05) is 19.0 Å². The molecule has 2 fully saturated rings. The summed E-state index contributed by atoms with van der Waals surface area (Å²) in [6.45, 7) is 3.47. The lowest BCUT2D eigenvalue weighted by molar-refractivity contribution is -0.666. The standard InChI is InChI=1S/C12H21N3O2/c13-11(16)9-3-6-15(7-4-9)12(17)10-2-1-5-14-8-10/h9-10,14H,1-8H2,(H2,13,16)/p+1/t10-/m1/s1. The number of hydrogen-bond acceptors (Lipinski definition) is 2. The summed E-state index contributed by atoms with van der Waals surface area (Å²) in [5.74, 6) is 0.220. The summed E-state index contributed by atoms with van der Waals surface area (Å²) in [5, 5.41) is 2.22. The molecule has 2 heterocycles. The third-order valence-corrected chi connectivity index (χ3v) is 3.97. The van der Waals surface area contributed by atoms with E-state index in [-0.39, 0.29) is 23.7 Å². The normalized spacial score (nSPS) is 26.8. The van der Waals surface area contributed by atoms with Gasteiger partial charge in [-0.25, -0.2) is 0 Å². The molecule has 1 atom stereocenters. The molecular weight excluding hydrogens is 218 g/mol. The van der Waals surface area contributed by atoms with E-state index in [1.165, 1.54) is 0 Å². The van der Waals surface area contributed by atoms with Crippen LogP contribution in [0.25, 0.3) is 0 Å². The van der Waals surface area contributed by atoms with E-state index in [0.717, 1.165) is 38.8 Å². The van der Waals surface area contributed by atoms with Gasteiger partial charge in [0.2, 0.25) is 11.8 Å².